The highest BCUT2D eigenvalue weighted by Crippen LogP contribution is 2.38. The van der Waals surface area contributed by atoms with E-state index in [1.54, 1.807) is 146 Å². The predicted octanol–water partition coefficient (Wildman–Crippen LogP) is 15.0. The number of para-hydroxylation sites is 4. The lowest BCUT2D eigenvalue weighted by atomic mass is 10.0. The van der Waals surface area contributed by atoms with Gasteiger partial charge < -0.3 is 9.13 Å². The summed E-state index contributed by atoms with van der Waals surface area (Å²) < 4.78 is 128. The number of nitrogens with zero attached hydrogens (tertiary/aromatic N) is 2. The third-order valence-corrected chi connectivity index (χ3v) is 11.2. The van der Waals surface area contributed by atoms with Gasteiger partial charge in [-0.1, -0.05) is 133 Å². The lowest BCUT2D eigenvalue weighted by Crippen LogP contribution is -2.09. The maximum absolute atomic E-state index is 15.8. The molecule has 0 amide bonds. The minimum Gasteiger partial charge on any atom is -0.304 e. The molecule has 62 heavy (non-hydrogen) atoms. The monoisotopic (exact) mass is 832 g/mol. The maximum atomic E-state index is 15.8. The summed E-state index contributed by atoms with van der Waals surface area (Å²) >= 11 is 0. The van der Waals surface area contributed by atoms with Gasteiger partial charge in [0.1, 0.15) is 11.4 Å². The van der Waals surface area contributed by atoms with Gasteiger partial charge in [-0.05, 0) is 58.7 Å². The van der Waals surface area contributed by atoms with Gasteiger partial charge in [0.2, 0.25) is 0 Å². The van der Waals surface area contributed by atoms with E-state index in [2.05, 4.69) is 0 Å². The fraction of sp³-hybridized carbons (Fsp3) is 0. The molecule has 0 N–H and O–H groups in total. The smallest absolute Gasteiger partial charge is 0.186 e. The van der Waals surface area contributed by atoms with Crippen molar-refractivity contribution in [1.29, 1.82) is 0 Å². The molecular weight excluding hydrogens is 805 g/mol. The standard InChI is InChI=1S/C52H28F8N2/c53-43-37(44(54)48(58)51(47(43)57)61-39-13-5-1-9-33(39)34-10-2-6-14-40(34)61)27-21-29-17-23-31(24-18-29)32-25-19-30(20-26-32)22-28-38-45(55)49(59)52(50(60)46(38)56)62-41-15-7-3-11-35(41)36-12-4-8-16-42(36)62/h1-28H. The van der Waals surface area contributed by atoms with Crippen LogP contribution in [-0.4, -0.2) is 9.13 Å². The van der Waals surface area contributed by atoms with Crippen LogP contribution in [-0.2, 0) is 0 Å². The minimum absolute atomic E-state index is 0.386. The summed E-state index contributed by atoms with van der Waals surface area (Å²) in [7, 11) is 0. The van der Waals surface area contributed by atoms with E-state index in [9.17, 15) is 0 Å². The minimum atomic E-state index is -1.54. The van der Waals surface area contributed by atoms with Crippen molar-refractivity contribution in [2.75, 3.05) is 0 Å². The number of aromatic nitrogens is 2. The van der Waals surface area contributed by atoms with E-state index in [1.807, 2.05) is 0 Å². The van der Waals surface area contributed by atoms with Gasteiger partial charge in [0, 0.05) is 21.5 Å². The number of fused-ring (bicyclic) bond motifs is 6. The Morgan fingerprint density at radius 2 is 0.532 bits per heavy atom. The molecule has 0 fully saturated rings. The molecule has 8 aromatic carbocycles. The number of hydrogen-bond donors (Lipinski definition) is 0. The fourth-order valence-corrected chi connectivity index (χ4v) is 8.22. The van der Waals surface area contributed by atoms with E-state index < -0.39 is 69.0 Å². The van der Waals surface area contributed by atoms with Crippen LogP contribution in [0.5, 0.6) is 0 Å². The molecule has 10 heteroatoms. The molecular formula is C52H28F8N2. The van der Waals surface area contributed by atoms with Gasteiger partial charge >= 0.3 is 0 Å². The van der Waals surface area contributed by atoms with Gasteiger partial charge in [-0.3, -0.25) is 0 Å². The molecule has 2 nitrogen and oxygen atoms in total. The molecule has 10 rings (SSSR count). The Hall–Kier alpha value is -7.72. The fourth-order valence-electron chi connectivity index (χ4n) is 8.22. The number of hydrogen-bond acceptors (Lipinski definition) is 0. The van der Waals surface area contributed by atoms with Crippen molar-refractivity contribution in [2.24, 2.45) is 0 Å². The van der Waals surface area contributed by atoms with Gasteiger partial charge in [0.15, 0.2) is 46.5 Å². The van der Waals surface area contributed by atoms with Crippen LogP contribution in [0.2, 0.25) is 0 Å². The maximum Gasteiger partial charge on any atom is 0.186 e. The van der Waals surface area contributed by atoms with Crippen LogP contribution in [0.25, 0.3) is 90.4 Å². The SMILES string of the molecule is Fc1c(F)c(-n2c3ccccc3c3ccccc32)c(F)c(F)c1C=Cc1ccc(-c2ccc(C=Cc3c(F)c(F)c(-n4c5ccccc5c5ccccc54)c(F)c3F)cc2)cc1. The molecule has 2 heterocycles. The normalized spacial score (nSPS) is 12.1. The summed E-state index contributed by atoms with van der Waals surface area (Å²) in [4.78, 5) is 0. The van der Waals surface area contributed by atoms with E-state index in [1.165, 1.54) is 21.3 Å². The van der Waals surface area contributed by atoms with E-state index in [0.29, 0.717) is 54.7 Å². The van der Waals surface area contributed by atoms with Crippen LogP contribution < -0.4 is 0 Å². The van der Waals surface area contributed by atoms with Gasteiger partial charge in [-0.15, -0.1) is 0 Å². The Bertz CT molecular complexity index is 3090. The molecule has 0 aliphatic rings. The zero-order valence-corrected chi connectivity index (χ0v) is 32.1. The highest BCUT2D eigenvalue weighted by atomic mass is 19.2. The second kappa shape index (κ2) is 15.1. The van der Waals surface area contributed by atoms with Crippen LogP contribution in [0.3, 0.4) is 0 Å². The largest absolute Gasteiger partial charge is 0.304 e. The van der Waals surface area contributed by atoms with Gasteiger partial charge in [0.05, 0.1) is 33.2 Å². The second-order valence-corrected chi connectivity index (χ2v) is 14.7. The number of rotatable bonds is 7. The van der Waals surface area contributed by atoms with Gasteiger partial charge in [0.25, 0.3) is 0 Å². The molecule has 302 valence electrons. The Morgan fingerprint density at radius 3 is 0.806 bits per heavy atom. The molecule has 0 saturated heterocycles. The molecule has 0 atom stereocenters. The zero-order chi connectivity index (χ0) is 42.8. The van der Waals surface area contributed by atoms with Gasteiger partial charge in [-0.25, -0.2) is 35.1 Å². The lowest BCUT2D eigenvalue weighted by molar-refractivity contribution is 0.447. The quantitative estimate of drug-likeness (QED) is 0.0860. The van der Waals surface area contributed by atoms with E-state index >= 15 is 35.1 Å². The van der Waals surface area contributed by atoms with Crippen LogP contribution in [0, 0.1) is 46.5 Å². The zero-order valence-electron chi connectivity index (χ0n) is 32.1. The third-order valence-electron chi connectivity index (χ3n) is 11.2. The Morgan fingerprint density at radius 1 is 0.274 bits per heavy atom. The van der Waals surface area contributed by atoms with Crippen molar-refractivity contribution in [2.45, 2.75) is 0 Å². The van der Waals surface area contributed by atoms with Crippen LogP contribution in [0.15, 0.2) is 146 Å². The molecule has 0 spiro atoms. The molecule has 0 aliphatic carbocycles. The lowest BCUT2D eigenvalue weighted by Gasteiger charge is -2.13. The highest BCUT2D eigenvalue weighted by Gasteiger charge is 2.29. The van der Waals surface area contributed by atoms with Crippen LogP contribution in [0.1, 0.15) is 22.3 Å². The summed E-state index contributed by atoms with van der Waals surface area (Å²) in [6.45, 7) is 0. The number of halogens is 8. The summed E-state index contributed by atoms with van der Waals surface area (Å²) in [5.74, 6) is -12.3. The number of benzene rings is 8. The Labute approximate surface area is 348 Å². The van der Waals surface area contributed by atoms with Crippen molar-refractivity contribution in [1.82, 2.24) is 9.13 Å². The topological polar surface area (TPSA) is 9.86 Å². The van der Waals surface area contributed by atoms with Crippen LogP contribution >= 0.6 is 0 Å². The average molecular weight is 833 g/mol. The van der Waals surface area contributed by atoms with Crippen molar-refractivity contribution in [3.05, 3.63) is 214 Å². The average Bonchev–Trinajstić information content (AvgIpc) is 3.81. The Kier molecular flexibility index (Phi) is 9.36. The summed E-state index contributed by atoms with van der Waals surface area (Å²) in [5.41, 5.74) is 0.499. The first-order valence-corrected chi connectivity index (χ1v) is 19.4. The van der Waals surface area contributed by atoms with Crippen molar-refractivity contribution < 1.29 is 35.1 Å². The van der Waals surface area contributed by atoms with E-state index in [4.69, 9.17) is 0 Å². The third kappa shape index (κ3) is 6.09. The predicted molar refractivity (Wildman–Crippen MR) is 231 cm³/mol. The van der Waals surface area contributed by atoms with E-state index in [0.717, 1.165) is 23.3 Å². The molecule has 0 saturated carbocycles. The summed E-state index contributed by atoms with van der Waals surface area (Å²) in [6, 6.07) is 40.8. The Balaban J connectivity index is 0.892. The molecule has 10 aromatic rings. The molecule has 0 radical (unpaired) electrons. The first kappa shape index (κ1) is 38.5. The van der Waals surface area contributed by atoms with Crippen molar-refractivity contribution in [3.63, 3.8) is 0 Å². The molecule has 0 aliphatic heterocycles. The molecule has 2 aromatic heterocycles. The summed E-state index contributed by atoms with van der Waals surface area (Å²) in [5, 5.41) is 2.67. The highest BCUT2D eigenvalue weighted by molar-refractivity contribution is 6.10. The first-order valence-electron chi connectivity index (χ1n) is 19.4. The second-order valence-electron chi connectivity index (χ2n) is 14.7. The summed E-state index contributed by atoms with van der Waals surface area (Å²) in [6.07, 6.45) is 4.61. The van der Waals surface area contributed by atoms with Crippen molar-refractivity contribution in [3.8, 4) is 22.5 Å². The van der Waals surface area contributed by atoms with Gasteiger partial charge in [-0.2, -0.15) is 0 Å². The van der Waals surface area contributed by atoms with Crippen LogP contribution in [0.4, 0.5) is 35.1 Å². The molecule has 0 unspecified atom stereocenters. The molecule has 0 bridgehead atoms. The van der Waals surface area contributed by atoms with E-state index in [-0.39, 0.29) is 0 Å². The van der Waals surface area contributed by atoms with Crippen molar-refractivity contribution >= 4 is 67.9 Å². The first-order chi connectivity index (χ1) is 30.1.